The van der Waals surface area contributed by atoms with Crippen molar-refractivity contribution in [3.05, 3.63) is 63.3 Å². The average molecular weight is 523 g/mol. The van der Waals surface area contributed by atoms with Crippen LogP contribution in [0.3, 0.4) is 0 Å². The number of allylic oxidation sites excluding steroid dienone is 2. The number of halogens is 1. The lowest BCUT2D eigenvalue weighted by molar-refractivity contribution is 0.222. The van der Waals surface area contributed by atoms with Gasteiger partial charge >= 0.3 is 0 Å². The van der Waals surface area contributed by atoms with E-state index in [1.54, 1.807) is 28.6 Å². The third-order valence-corrected chi connectivity index (χ3v) is 6.61. The Morgan fingerprint density at radius 1 is 1.46 bits per heavy atom. The summed E-state index contributed by atoms with van der Waals surface area (Å²) in [6.45, 7) is 2.31. The van der Waals surface area contributed by atoms with Crippen LogP contribution in [0.4, 0.5) is 11.6 Å². The molecule has 0 spiro atoms. The summed E-state index contributed by atoms with van der Waals surface area (Å²) in [6, 6.07) is 1.87. The van der Waals surface area contributed by atoms with Gasteiger partial charge in [0.05, 0.1) is 18.6 Å². The molecule has 1 fully saturated rings. The zero-order valence-corrected chi connectivity index (χ0v) is 21.2. The molecular formula is C25H27ClN8O3. The number of ether oxygens (including phenoxy) is 1. The highest BCUT2D eigenvalue weighted by Gasteiger charge is 2.26. The van der Waals surface area contributed by atoms with E-state index in [1.165, 1.54) is 12.4 Å². The maximum atomic E-state index is 13.2. The molecule has 4 heterocycles. The number of pyridine rings is 2. The SMILES string of the molecule is CC(CO)Cn1cc(C2CC2)cc(Nc2nc3ncc(O/C(C=N)=C4\C=NC=CN4)c(Cl)c3n2C)c1=O. The van der Waals surface area contributed by atoms with Gasteiger partial charge in [-0.3, -0.25) is 9.79 Å². The Kier molecular flexibility index (Phi) is 6.81. The van der Waals surface area contributed by atoms with Gasteiger partial charge in [0.1, 0.15) is 21.9 Å². The van der Waals surface area contributed by atoms with Crippen LogP contribution in [0.5, 0.6) is 5.75 Å². The topological polar surface area (TPSA) is 142 Å². The zero-order valence-electron chi connectivity index (χ0n) is 20.4. The number of aliphatic hydroxyl groups is 1. The highest BCUT2D eigenvalue weighted by atomic mass is 35.5. The number of nitrogens with zero attached hydrogens (tertiary/aromatic N) is 5. The van der Waals surface area contributed by atoms with Crippen LogP contribution in [0, 0.1) is 11.3 Å². The first-order valence-electron chi connectivity index (χ1n) is 11.9. The minimum absolute atomic E-state index is 0.00186. The Morgan fingerprint density at radius 3 is 2.95 bits per heavy atom. The van der Waals surface area contributed by atoms with Gasteiger partial charge in [0.2, 0.25) is 5.95 Å². The Balaban J connectivity index is 1.50. The van der Waals surface area contributed by atoms with Crippen LogP contribution in [-0.4, -0.2) is 43.2 Å². The number of imidazole rings is 1. The highest BCUT2D eigenvalue weighted by Crippen LogP contribution is 2.40. The van der Waals surface area contributed by atoms with Crippen molar-refractivity contribution in [3.8, 4) is 5.75 Å². The number of aromatic nitrogens is 4. The normalized spacial score (nSPS) is 17.0. The second-order valence-electron chi connectivity index (χ2n) is 9.20. The smallest absolute Gasteiger partial charge is 0.274 e. The summed E-state index contributed by atoms with van der Waals surface area (Å²) in [6.07, 6.45) is 11.3. The molecule has 1 atom stereocenters. The Morgan fingerprint density at radius 2 is 2.27 bits per heavy atom. The first-order chi connectivity index (χ1) is 17.9. The molecule has 0 bridgehead atoms. The van der Waals surface area contributed by atoms with Crippen LogP contribution in [0.2, 0.25) is 5.02 Å². The minimum atomic E-state index is -0.197. The van der Waals surface area contributed by atoms with Crippen molar-refractivity contribution in [3.63, 3.8) is 0 Å². The van der Waals surface area contributed by atoms with E-state index in [4.69, 9.17) is 21.7 Å². The molecular weight excluding hydrogens is 496 g/mol. The summed E-state index contributed by atoms with van der Waals surface area (Å²) in [5.74, 6) is 1.24. The van der Waals surface area contributed by atoms with Crippen LogP contribution in [0.1, 0.15) is 31.2 Å². The Hall–Kier alpha value is -3.96. The maximum Gasteiger partial charge on any atom is 0.274 e. The summed E-state index contributed by atoms with van der Waals surface area (Å²) in [7, 11) is 1.77. The van der Waals surface area contributed by atoms with Gasteiger partial charge in [0.25, 0.3) is 5.56 Å². The fraction of sp³-hybridized carbons (Fsp3) is 0.320. The molecule has 1 saturated carbocycles. The number of aliphatic imine (C=N–C) groups is 1. The van der Waals surface area contributed by atoms with Crippen LogP contribution in [-0.2, 0) is 13.6 Å². The summed E-state index contributed by atoms with van der Waals surface area (Å²) >= 11 is 6.70. The maximum absolute atomic E-state index is 13.2. The van der Waals surface area contributed by atoms with Crippen LogP contribution < -0.4 is 20.9 Å². The molecule has 11 nitrogen and oxygen atoms in total. The molecule has 3 aromatic heterocycles. The number of nitrogens with one attached hydrogen (secondary N) is 3. The van der Waals surface area contributed by atoms with Crippen molar-refractivity contribution in [2.45, 2.75) is 32.2 Å². The van der Waals surface area contributed by atoms with Gasteiger partial charge in [0.15, 0.2) is 17.2 Å². The number of fused-ring (bicyclic) bond motifs is 1. The molecule has 0 amide bonds. The second kappa shape index (κ2) is 10.2. The molecule has 0 radical (unpaired) electrons. The molecule has 2 aliphatic rings. The molecule has 3 aromatic rings. The van der Waals surface area contributed by atoms with Crippen molar-refractivity contribution < 1.29 is 9.84 Å². The molecule has 1 aliphatic carbocycles. The lowest BCUT2D eigenvalue weighted by Gasteiger charge is -2.15. The Bertz CT molecular complexity index is 1520. The lowest BCUT2D eigenvalue weighted by Crippen LogP contribution is -2.26. The van der Waals surface area contributed by atoms with E-state index in [0.29, 0.717) is 41.0 Å². The van der Waals surface area contributed by atoms with Crippen LogP contribution in [0.25, 0.3) is 11.2 Å². The van der Waals surface area contributed by atoms with Gasteiger partial charge in [-0.2, -0.15) is 4.98 Å². The van der Waals surface area contributed by atoms with Crippen molar-refractivity contribution in [2.24, 2.45) is 18.0 Å². The number of anilines is 2. The first kappa shape index (κ1) is 24.7. The van der Waals surface area contributed by atoms with Gasteiger partial charge in [-0.25, -0.2) is 4.98 Å². The monoisotopic (exact) mass is 522 g/mol. The van der Waals surface area contributed by atoms with Crippen molar-refractivity contribution in [2.75, 3.05) is 11.9 Å². The number of hydrogen-bond donors (Lipinski definition) is 4. The predicted octanol–water partition coefficient (Wildman–Crippen LogP) is 3.42. The molecule has 4 N–H and O–H groups in total. The second-order valence-corrected chi connectivity index (χ2v) is 9.58. The molecule has 37 heavy (non-hydrogen) atoms. The summed E-state index contributed by atoms with van der Waals surface area (Å²) in [4.78, 5) is 26.2. The molecule has 5 rings (SSSR count). The van der Waals surface area contributed by atoms with E-state index >= 15 is 0 Å². The first-order valence-corrected chi connectivity index (χ1v) is 12.3. The van der Waals surface area contributed by atoms with Gasteiger partial charge < -0.3 is 35.0 Å². The molecule has 0 aromatic carbocycles. The average Bonchev–Trinajstić information content (AvgIpc) is 3.71. The van der Waals surface area contributed by atoms with Crippen molar-refractivity contribution in [1.29, 1.82) is 5.41 Å². The minimum Gasteiger partial charge on any atom is -0.450 e. The number of aryl methyl sites for hydroxylation is 1. The zero-order chi connectivity index (χ0) is 26.1. The quantitative estimate of drug-likeness (QED) is 0.249. The predicted molar refractivity (Wildman–Crippen MR) is 143 cm³/mol. The standard InChI is InChI=1S/C25H27ClN8O3/c1-14(13-35)11-34-12-16(15-3-4-15)7-17(24(34)36)31-25-32-23-22(33(25)2)21(26)20(10-30-23)37-19(8-27)18-9-28-5-6-29-18/h5-10,12,14-15,27,29,35H,3-4,11,13H2,1-2H3,(H,30,31,32)/b19-18+,27-8?. The van der Waals surface area contributed by atoms with Gasteiger partial charge in [0, 0.05) is 38.8 Å². The summed E-state index contributed by atoms with van der Waals surface area (Å²) in [5, 5.41) is 23.6. The van der Waals surface area contributed by atoms with E-state index in [-0.39, 0.29) is 34.6 Å². The van der Waals surface area contributed by atoms with Crippen molar-refractivity contribution in [1.82, 2.24) is 24.4 Å². The molecule has 0 saturated heterocycles. The number of aliphatic hydroxyl groups excluding tert-OH is 1. The lowest BCUT2D eigenvalue weighted by atomic mass is 10.1. The Labute approximate surface area is 217 Å². The van der Waals surface area contributed by atoms with E-state index in [1.807, 2.05) is 19.2 Å². The van der Waals surface area contributed by atoms with E-state index in [9.17, 15) is 9.90 Å². The van der Waals surface area contributed by atoms with Gasteiger partial charge in [-0.1, -0.05) is 18.5 Å². The fourth-order valence-electron chi connectivity index (χ4n) is 4.07. The molecule has 12 heteroatoms. The largest absolute Gasteiger partial charge is 0.450 e. The molecule has 1 unspecified atom stereocenters. The third kappa shape index (κ3) is 5.00. The number of hydrogen-bond acceptors (Lipinski definition) is 9. The fourth-order valence-corrected chi connectivity index (χ4v) is 4.37. The van der Waals surface area contributed by atoms with Crippen LogP contribution in [0.15, 0.2) is 52.1 Å². The van der Waals surface area contributed by atoms with E-state index in [0.717, 1.165) is 24.6 Å². The summed E-state index contributed by atoms with van der Waals surface area (Å²) in [5.41, 5.74) is 2.67. The molecule has 1 aliphatic heterocycles. The van der Waals surface area contributed by atoms with E-state index in [2.05, 4.69) is 25.6 Å². The third-order valence-electron chi connectivity index (χ3n) is 6.25. The highest BCUT2D eigenvalue weighted by molar-refractivity contribution is 6.36. The van der Waals surface area contributed by atoms with Gasteiger partial charge in [-0.15, -0.1) is 0 Å². The number of rotatable bonds is 9. The van der Waals surface area contributed by atoms with E-state index < -0.39 is 0 Å². The van der Waals surface area contributed by atoms with Crippen LogP contribution >= 0.6 is 11.6 Å². The summed E-state index contributed by atoms with van der Waals surface area (Å²) < 4.78 is 9.24. The van der Waals surface area contributed by atoms with Crippen molar-refractivity contribution >= 4 is 46.8 Å². The van der Waals surface area contributed by atoms with Gasteiger partial charge in [-0.05, 0) is 36.3 Å². The molecule has 192 valence electrons.